The van der Waals surface area contributed by atoms with Crippen LogP contribution in [0.4, 0.5) is 5.69 Å². The molecule has 1 rings (SSSR count). The first kappa shape index (κ1) is 16.4. The molecule has 0 spiro atoms. The van der Waals surface area contributed by atoms with Crippen LogP contribution in [0.1, 0.15) is 16.8 Å². The number of para-hydroxylation sites is 1. The Kier molecular flexibility index (Phi) is 5.67. The zero-order valence-corrected chi connectivity index (χ0v) is 11.3. The van der Waals surface area contributed by atoms with Crippen LogP contribution in [-0.4, -0.2) is 47.6 Å². The lowest BCUT2D eigenvalue weighted by molar-refractivity contribution is -0.137. The lowest BCUT2D eigenvalue weighted by Gasteiger charge is -2.22. The molecule has 0 aliphatic heterocycles. The summed E-state index contributed by atoms with van der Waals surface area (Å²) >= 11 is 0. The Morgan fingerprint density at radius 2 is 2.10 bits per heavy atom. The predicted molar refractivity (Wildman–Crippen MR) is 73.7 cm³/mol. The highest BCUT2D eigenvalue weighted by Gasteiger charge is 2.23. The van der Waals surface area contributed by atoms with Crippen molar-refractivity contribution >= 4 is 23.9 Å². The molecule has 5 N–H and O–H groups in total. The molecule has 114 valence electrons. The standard InChI is InChI=1S/C13H16N2O6/c1-21-12-7(13(19)20)3-2-4-9(12)15-10(5-11(17)18)8(14)6-16/h2-4,6,8,10,15H,5,14H2,1H3,(H,17,18)(H,19,20)/t8-,10?/m1/s1. The van der Waals surface area contributed by atoms with Gasteiger partial charge >= 0.3 is 11.9 Å². The minimum atomic E-state index is -1.19. The van der Waals surface area contributed by atoms with Gasteiger partial charge in [0.1, 0.15) is 11.8 Å². The Labute approximate surface area is 120 Å². The van der Waals surface area contributed by atoms with E-state index in [1.165, 1.54) is 25.3 Å². The number of carbonyl (C=O) groups excluding carboxylic acids is 1. The molecule has 0 aliphatic rings. The fourth-order valence-electron chi connectivity index (χ4n) is 1.81. The molecule has 8 nitrogen and oxygen atoms in total. The van der Waals surface area contributed by atoms with Gasteiger partial charge in [0.05, 0.1) is 31.3 Å². The minimum Gasteiger partial charge on any atom is -0.494 e. The summed E-state index contributed by atoms with van der Waals surface area (Å²) in [5.74, 6) is -2.29. The Morgan fingerprint density at radius 1 is 1.43 bits per heavy atom. The fraction of sp³-hybridized carbons (Fsp3) is 0.308. The van der Waals surface area contributed by atoms with Crippen molar-refractivity contribution in [3.8, 4) is 5.75 Å². The SMILES string of the molecule is COc1c(NC(CC(=O)O)[C@H](N)C=O)cccc1C(=O)O. The van der Waals surface area contributed by atoms with E-state index >= 15 is 0 Å². The Hall–Kier alpha value is -2.61. The number of rotatable bonds is 8. The summed E-state index contributed by atoms with van der Waals surface area (Å²) in [6.45, 7) is 0. The first-order valence-electron chi connectivity index (χ1n) is 6.00. The predicted octanol–water partition coefficient (Wildman–Crippen LogP) is 0.175. The fourth-order valence-corrected chi connectivity index (χ4v) is 1.81. The van der Waals surface area contributed by atoms with E-state index in [4.69, 9.17) is 20.7 Å². The van der Waals surface area contributed by atoms with Crippen molar-refractivity contribution in [1.29, 1.82) is 0 Å². The van der Waals surface area contributed by atoms with E-state index in [0.29, 0.717) is 6.29 Å². The number of carboxylic acids is 2. The molecule has 8 heteroatoms. The van der Waals surface area contributed by atoms with Crippen LogP contribution in [0.15, 0.2) is 18.2 Å². The van der Waals surface area contributed by atoms with Crippen LogP contribution in [0, 0.1) is 0 Å². The highest BCUT2D eigenvalue weighted by molar-refractivity contribution is 5.93. The smallest absolute Gasteiger partial charge is 0.339 e. The first-order valence-corrected chi connectivity index (χ1v) is 6.00. The van der Waals surface area contributed by atoms with Crippen molar-refractivity contribution in [2.45, 2.75) is 18.5 Å². The number of aromatic carboxylic acids is 1. The summed E-state index contributed by atoms with van der Waals surface area (Å²) in [4.78, 5) is 32.7. The second-order valence-corrected chi connectivity index (χ2v) is 4.25. The van der Waals surface area contributed by atoms with Gasteiger partial charge in [0.25, 0.3) is 0 Å². The number of hydrogen-bond donors (Lipinski definition) is 4. The van der Waals surface area contributed by atoms with E-state index < -0.39 is 30.4 Å². The number of carboxylic acid groups (broad SMARTS) is 2. The lowest BCUT2D eigenvalue weighted by atomic mass is 10.1. The van der Waals surface area contributed by atoms with Crippen molar-refractivity contribution < 1.29 is 29.3 Å². The van der Waals surface area contributed by atoms with Crippen LogP contribution in [-0.2, 0) is 9.59 Å². The molecule has 1 aromatic rings. The van der Waals surface area contributed by atoms with Crippen molar-refractivity contribution in [2.75, 3.05) is 12.4 Å². The number of aldehydes is 1. The number of benzene rings is 1. The summed E-state index contributed by atoms with van der Waals surface area (Å²) in [5, 5.41) is 20.7. The molecule has 1 aromatic carbocycles. The molecule has 0 aromatic heterocycles. The Bertz CT molecular complexity index is 545. The molecule has 0 radical (unpaired) electrons. The van der Waals surface area contributed by atoms with Crippen molar-refractivity contribution in [3.05, 3.63) is 23.8 Å². The molecule has 1 unspecified atom stereocenters. The maximum atomic E-state index is 11.1. The van der Waals surface area contributed by atoms with Gasteiger partial charge in [-0.05, 0) is 12.1 Å². The number of nitrogens with one attached hydrogen (secondary N) is 1. The summed E-state index contributed by atoms with van der Waals surface area (Å²) < 4.78 is 5.04. The van der Waals surface area contributed by atoms with Crippen molar-refractivity contribution in [2.24, 2.45) is 5.73 Å². The van der Waals surface area contributed by atoms with E-state index in [1.807, 2.05) is 0 Å². The molecule has 0 heterocycles. The normalized spacial score (nSPS) is 13.0. The second kappa shape index (κ2) is 7.25. The molecule has 0 fully saturated rings. The van der Waals surface area contributed by atoms with Gasteiger partial charge in [-0.1, -0.05) is 6.07 Å². The Morgan fingerprint density at radius 3 is 2.57 bits per heavy atom. The third-order valence-electron chi connectivity index (χ3n) is 2.81. The molecule has 0 saturated heterocycles. The zero-order valence-electron chi connectivity index (χ0n) is 11.3. The summed E-state index contributed by atoms with van der Waals surface area (Å²) in [6.07, 6.45) is 0.0223. The number of hydrogen-bond acceptors (Lipinski definition) is 6. The van der Waals surface area contributed by atoms with Crippen LogP contribution >= 0.6 is 0 Å². The van der Waals surface area contributed by atoms with Gasteiger partial charge in [-0.3, -0.25) is 4.79 Å². The van der Waals surface area contributed by atoms with Gasteiger partial charge in [-0.25, -0.2) is 4.79 Å². The molecular formula is C13H16N2O6. The van der Waals surface area contributed by atoms with Crippen molar-refractivity contribution in [1.82, 2.24) is 0 Å². The summed E-state index contributed by atoms with van der Waals surface area (Å²) in [5.41, 5.74) is 5.72. The number of methoxy groups -OCH3 is 1. The largest absolute Gasteiger partial charge is 0.494 e. The number of aliphatic carboxylic acids is 1. The van der Waals surface area contributed by atoms with E-state index in [9.17, 15) is 14.4 Å². The lowest BCUT2D eigenvalue weighted by Crippen LogP contribution is -2.43. The van der Waals surface area contributed by atoms with Crippen LogP contribution in [0.5, 0.6) is 5.75 Å². The summed E-state index contributed by atoms with van der Waals surface area (Å²) in [7, 11) is 1.29. The van der Waals surface area contributed by atoms with E-state index in [2.05, 4.69) is 5.32 Å². The molecule has 0 amide bonds. The second-order valence-electron chi connectivity index (χ2n) is 4.25. The van der Waals surface area contributed by atoms with E-state index in [1.54, 1.807) is 0 Å². The molecule has 0 aliphatic carbocycles. The zero-order chi connectivity index (χ0) is 16.0. The van der Waals surface area contributed by atoms with Gasteiger partial charge in [0.2, 0.25) is 0 Å². The molecule has 0 saturated carbocycles. The van der Waals surface area contributed by atoms with Crippen LogP contribution < -0.4 is 15.8 Å². The van der Waals surface area contributed by atoms with Gasteiger partial charge in [-0.2, -0.15) is 0 Å². The van der Waals surface area contributed by atoms with E-state index in [0.717, 1.165) is 0 Å². The van der Waals surface area contributed by atoms with Gasteiger partial charge in [0, 0.05) is 0 Å². The van der Waals surface area contributed by atoms with Crippen LogP contribution in [0.3, 0.4) is 0 Å². The minimum absolute atomic E-state index is 0.0403. The van der Waals surface area contributed by atoms with Crippen molar-refractivity contribution in [3.63, 3.8) is 0 Å². The van der Waals surface area contributed by atoms with E-state index in [-0.39, 0.29) is 17.0 Å². The molecule has 0 bridgehead atoms. The molecular weight excluding hydrogens is 280 g/mol. The maximum absolute atomic E-state index is 11.1. The monoisotopic (exact) mass is 296 g/mol. The van der Waals surface area contributed by atoms with Gasteiger partial charge in [-0.15, -0.1) is 0 Å². The average Bonchev–Trinajstić information content (AvgIpc) is 2.44. The summed E-state index contributed by atoms with van der Waals surface area (Å²) in [6, 6.07) is 2.38. The topological polar surface area (TPSA) is 139 Å². The average molecular weight is 296 g/mol. The van der Waals surface area contributed by atoms with Crippen LogP contribution in [0.25, 0.3) is 0 Å². The number of anilines is 1. The third-order valence-corrected chi connectivity index (χ3v) is 2.81. The van der Waals surface area contributed by atoms with Gasteiger partial charge < -0.3 is 30.8 Å². The third kappa shape index (κ3) is 4.18. The quantitative estimate of drug-likeness (QED) is 0.498. The number of carbonyl (C=O) groups is 3. The first-order chi connectivity index (χ1) is 9.90. The number of ether oxygens (including phenoxy) is 1. The molecule has 2 atom stereocenters. The highest BCUT2D eigenvalue weighted by atomic mass is 16.5. The Balaban J connectivity index is 3.13. The molecule has 21 heavy (non-hydrogen) atoms. The number of nitrogens with two attached hydrogens (primary N) is 1. The highest BCUT2D eigenvalue weighted by Crippen LogP contribution is 2.29. The van der Waals surface area contributed by atoms with Gasteiger partial charge in [0.15, 0.2) is 5.75 Å². The maximum Gasteiger partial charge on any atom is 0.339 e. The van der Waals surface area contributed by atoms with Crippen LogP contribution in [0.2, 0.25) is 0 Å².